The molecule has 0 bridgehead atoms. The largest absolute Gasteiger partial charge is 0.381 e. The third-order valence-corrected chi connectivity index (χ3v) is 3.19. The highest BCUT2D eigenvalue weighted by molar-refractivity contribution is 5.67. The Morgan fingerprint density at radius 2 is 2.19 bits per heavy atom. The zero-order valence-corrected chi connectivity index (χ0v) is 12.7. The van der Waals surface area contributed by atoms with Crippen molar-refractivity contribution in [3.05, 3.63) is 53.4 Å². The van der Waals surface area contributed by atoms with Gasteiger partial charge in [-0.05, 0) is 37.0 Å². The Labute approximate surface area is 126 Å². The van der Waals surface area contributed by atoms with Crippen LogP contribution in [0.1, 0.15) is 37.3 Å². The van der Waals surface area contributed by atoms with Gasteiger partial charge in [0.15, 0.2) is 0 Å². The number of rotatable bonds is 4. The van der Waals surface area contributed by atoms with E-state index in [1.807, 2.05) is 38.1 Å². The summed E-state index contributed by atoms with van der Waals surface area (Å²) >= 11 is 0. The highest BCUT2D eigenvalue weighted by Gasteiger charge is 2.07. The van der Waals surface area contributed by atoms with Gasteiger partial charge in [-0.15, -0.1) is 0 Å². The third-order valence-electron chi connectivity index (χ3n) is 3.19. The molecule has 1 aromatic heterocycles. The molecule has 3 nitrogen and oxygen atoms in total. The molecule has 0 aliphatic rings. The molecular weight excluding hydrogens is 260 g/mol. The number of anilines is 1. The Kier molecular flexibility index (Phi) is 5.22. The van der Waals surface area contributed by atoms with Crippen LogP contribution in [0, 0.1) is 18.8 Å². The zero-order chi connectivity index (χ0) is 15.1. The fourth-order valence-electron chi connectivity index (χ4n) is 1.96. The van der Waals surface area contributed by atoms with Crippen LogP contribution >= 0.6 is 0 Å². The molecule has 0 aliphatic carbocycles. The van der Waals surface area contributed by atoms with Crippen LogP contribution in [-0.2, 0) is 0 Å². The fraction of sp³-hybridized carbons (Fsp3) is 0.278. The smallest absolute Gasteiger partial charge is 0.210 e. The van der Waals surface area contributed by atoms with Gasteiger partial charge in [0.05, 0.1) is 0 Å². The Morgan fingerprint density at radius 1 is 1.38 bits per heavy atom. The van der Waals surface area contributed by atoms with E-state index in [4.69, 9.17) is 4.52 Å². The summed E-state index contributed by atoms with van der Waals surface area (Å²) in [6.45, 7) is 6.80. The molecule has 3 heteroatoms. The third kappa shape index (κ3) is 4.00. The van der Waals surface area contributed by atoms with Crippen molar-refractivity contribution >= 4 is 11.3 Å². The van der Waals surface area contributed by atoms with Crippen LogP contribution in [0.3, 0.4) is 0 Å². The maximum Gasteiger partial charge on any atom is 0.210 e. The molecular formula is C18H20N2O. The van der Waals surface area contributed by atoms with Crippen LogP contribution in [0.25, 0.3) is 5.57 Å². The summed E-state index contributed by atoms with van der Waals surface area (Å²) in [4.78, 5) is 0. The molecule has 0 unspecified atom stereocenters. The summed E-state index contributed by atoms with van der Waals surface area (Å²) in [5.41, 5.74) is 4.28. The molecule has 0 atom stereocenters. The average molecular weight is 280 g/mol. The van der Waals surface area contributed by atoms with E-state index in [-0.39, 0.29) is 0 Å². The van der Waals surface area contributed by atoms with Crippen molar-refractivity contribution in [2.45, 2.75) is 27.2 Å². The molecule has 0 spiro atoms. The van der Waals surface area contributed by atoms with Crippen molar-refractivity contribution in [2.75, 3.05) is 11.9 Å². The Morgan fingerprint density at radius 3 is 2.90 bits per heavy atom. The highest BCUT2D eigenvalue weighted by Crippen LogP contribution is 2.18. The quantitative estimate of drug-likeness (QED) is 0.850. The molecule has 108 valence electrons. The second-order valence-electron chi connectivity index (χ2n) is 4.71. The number of aryl methyl sites for hydroxylation is 1. The van der Waals surface area contributed by atoms with Crippen molar-refractivity contribution in [2.24, 2.45) is 0 Å². The lowest BCUT2D eigenvalue weighted by atomic mass is 10.1. The molecule has 0 fully saturated rings. The number of hydrogen-bond donors (Lipinski definition) is 1. The normalized spacial score (nSPS) is 10.9. The molecule has 0 amide bonds. The fourth-order valence-corrected chi connectivity index (χ4v) is 1.96. The predicted octanol–water partition coefficient (Wildman–Crippen LogP) is 4.26. The molecule has 0 saturated heterocycles. The van der Waals surface area contributed by atoms with Gasteiger partial charge in [0, 0.05) is 24.7 Å². The molecule has 21 heavy (non-hydrogen) atoms. The SMILES string of the molecule is C/C=C(\CNc1ccccc1C)c1cc(C#CCC)on1. The summed E-state index contributed by atoms with van der Waals surface area (Å²) in [5, 5.41) is 7.52. The first kappa shape index (κ1) is 14.9. The van der Waals surface area contributed by atoms with E-state index >= 15 is 0 Å². The second-order valence-corrected chi connectivity index (χ2v) is 4.71. The number of aromatic nitrogens is 1. The first-order chi connectivity index (χ1) is 10.2. The standard InChI is InChI=1S/C18H20N2O/c1-4-6-10-16-12-18(20-21-16)15(5-2)13-19-17-11-8-7-9-14(17)3/h5,7-9,11-12,19H,4,13H2,1-3H3/b15-5+. The van der Waals surface area contributed by atoms with E-state index in [1.165, 1.54) is 5.56 Å². The molecule has 1 aromatic carbocycles. The molecule has 1 heterocycles. The number of allylic oxidation sites excluding steroid dienone is 1. The Bertz CT molecular complexity index is 686. The molecule has 2 rings (SSSR count). The lowest BCUT2D eigenvalue weighted by molar-refractivity contribution is 0.409. The van der Waals surface area contributed by atoms with Crippen LogP contribution in [-0.4, -0.2) is 11.7 Å². The summed E-state index contributed by atoms with van der Waals surface area (Å²) in [6.07, 6.45) is 2.85. The van der Waals surface area contributed by atoms with Gasteiger partial charge in [0.1, 0.15) is 5.69 Å². The van der Waals surface area contributed by atoms with E-state index < -0.39 is 0 Å². The van der Waals surface area contributed by atoms with E-state index in [0.29, 0.717) is 12.3 Å². The molecule has 2 aromatic rings. The van der Waals surface area contributed by atoms with Crippen molar-refractivity contribution in [3.63, 3.8) is 0 Å². The van der Waals surface area contributed by atoms with Crippen molar-refractivity contribution in [1.82, 2.24) is 5.16 Å². The van der Waals surface area contributed by atoms with Crippen LogP contribution < -0.4 is 5.32 Å². The van der Waals surface area contributed by atoms with Gasteiger partial charge in [-0.3, -0.25) is 0 Å². The van der Waals surface area contributed by atoms with E-state index in [2.05, 4.69) is 41.4 Å². The summed E-state index contributed by atoms with van der Waals surface area (Å²) in [5.74, 6) is 6.54. The van der Waals surface area contributed by atoms with Crippen LogP contribution in [0.2, 0.25) is 0 Å². The van der Waals surface area contributed by atoms with Gasteiger partial charge in [-0.2, -0.15) is 0 Å². The number of para-hydroxylation sites is 1. The Hall–Kier alpha value is -2.47. The van der Waals surface area contributed by atoms with Crippen LogP contribution in [0.4, 0.5) is 5.69 Å². The Balaban J connectivity index is 2.07. The first-order valence-electron chi connectivity index (χ1n) is 7.15. The molecule has 0 saturated carbocycles. The van der Waals surface area contributed by atoms with Crippen LogP contribution in [0.15, 0.2) is 40.9 Å². The lowest BCUT2D eigenvalue weighted by Crippen LogP contribution is -2.05. The number of nitrogens with one attached hydrogen (secondary N) is 1. The topological polar surface area (TPSA) is 38.1 Å². The molecule has 1 N–H and O–H groups in total. The molecule has 0 radical (unpaired) electrons. The summed E-state index contributed by atoms with van der Waals surface area (Å²) in [7, 11) is 0. The molecule has 0 aliphatic heterocycles. The van der Waals surface area contributed by atoms with Gasteiger partial charge >= 0.3 is 0 Å². The monoisotopic (exact) mass is 280 g/mol. The van der Waals surface area contributed by atoms with Crippen molar-refractivity contribution in [1.29, 1.82) is 0 Å². The van der Waals surface area contributed by atoms with Crippen LogP contribution in [0.5, 0.6) is 0 Å². The van der Waals surface area contributed by atoms with Crippen molar-refractivity contribution < 1.29 is 4.52 Å². The maximum atomic E-state index is 5.23. The van der Waals surface area contributed by atoms with E-state index in [9.17, 15) is 0 Å². The van der Waals surface area contributed by atoms with Gasteiger partial charge in [-0.1, -0.05) is 42.3 Å². The minimum Gasteiger partial charge on any atom is -0.381 e. The predicted molar refractivity (Wildman–Crippen MR) is 87.0 cm³/mol. The number of benzene rings is 1. The lowest BCUT2D eigenvalue weighted by Gasteiger charge is -2.10. The van der Waals surface area contributed by atoms with Crippen molar-refractivity contribution in [3.8, 4) is 11.8 Å². The minimum atomic E-state index is 0.613. The number of nitrogens with zero attached hydrogens (tertiary/aromatic N) is 1. The average Bonchev–Trinajstić information content (AvgIpc) is 2.96. The zero-order valence-electron chi connectivity index (χ0n) is 12.7. The highest BCUT2D eigenvalue weighted by atomic mass is 16.5. The van der Waals surface area contributed by atoms with Gasteiger partial charge in [-0.25, -0.2) is 0 Å². The first-order valence-corrected chi connectivity index (χ1v) is 7.15. The van der Waals surface area contributed by atoms with E-state index in [0.717, 1.165) is 23.4 Å². The van der Waals surface area contributed by atoms with Gasteiger partial charge in [0.2, 0.25) is 5.76 Å². The summed E-state index contributed by atoms with van der Waals surface area (Å²) in [6, 6.07) is 10.1. The maximum absolute atomic E-state index is 5.23. The minimum absolute atomic E-state index is 0.613. The van der Waals surface area contributed by atoms with Gasteiger partial charge in [0.25, 0.3) is 0 Å². The van der Waals surface area contributed by atoms with Gasteiger partial charge < -0.3 is 9.84 Å². The summed E-state index contributed by atoms with van der Waals surface area (Å²) < 4.78 is 5.23. The van der Waals surface area contributed by atoms with E-state index in [1.54, 1.807) is 0 Å². The second kappa shape index (κ2) is 7.35. The number of hydrogen-bond acceptors (Lipinski definition) is 3.